The van der Waals surface area contributed by atoms with E-state index in [-0.39, 0.29) is 46.7 Å². The van der Waals surface area contributed by atoms with Crippen molar-refractivity contribution in [3.05, 3.63) is 34.4 Å². The molecule has 4 heteroatoms. The van der Waals surface area contributed by atoms with Crippen molar-refractivity contribution < 1.29 is 19.8 Å². The van der Waals surface area contributed by atoms with Gasteiger partial charge in [-0.1, -0.05) is 59.3 Å². The van der Waals surface area contributed by atoms with E-state index in [9.17, 15) is 19.8 Å². The second-order valence-electron chi connectivity index (χ2n) is 13.4. The molecule has 4 unspecified atom stereocenters. The number of ketones is 2. The zero-order valence-corrected chi connectivity index (χ0v) is 23.0. The molecule has 4 nitrogen and oxygen atoms in total. The predicted molar refractivity (Wildman–Crippen MR) is 140 cm³/mol. The molecule has 4 aliphatic rings. The molecule has 0 aliphatic heterocycles. The monoisotopic (exact) mass is 482 g/mol. The first-order valence-electron chi connectivity index (χ1n) is 13.6. The third-order valence-electron chi connectivity index (χ3n) is 11.2. The minimum absolute atomic E-state index is 0.000562. The smallest absolute Gasteiger partial charge is 0.138 e. The number of carbonyl (C=O) groups is 2. The van der Waals surface area contributed by atoms with Crippen molar-refractivity contribution in [2.45, 2.75) is 93.4 Å². The average molecular weight is 483 g/mol. The van der Waals surface area contributed by atoms with Crippen LogP contribution in [0.25, 0.3) is 0 Å². The molecule has 0 amide bonds. The van der Waals surface area contributed by atoms with Gasteiger partial charge in [-0.2, -0.15) is 0 Å². The quantitative estimate of drug-likeness (QED) is 0.457. The van der Waals surface area contributed by atoms with Gasteiger partial charge in [-0.05, 0) is 78.4 Å². The molecule has 4 aliphatic carbocycles. The van der Waals surface area contributed by atoms with Crippen molar-refractivity contribution in [1.29, 1.82) is 0 Å². The van der Waals surface area contributed by atoms with Crippen LogP contribution >= 0.6 is 0 Å². The highest BCUT2D eigenvalue weighted by Gasteiger charge is 2.66. The molecule has 2 N–H and O–H groups in total. The highest BCUT2D eigenvalue weighted by molar-refractivity contribution is 5.88. The summed E-state index contributed by atoms with van der Waals surface area (Å²) in [6, 6.07) is 0. The Morgan fingerprint density at radius 3 is 2.43 bits per heavy atom. The molecule has 0 aromatic carbocycles. The fourth-order valence-corrected chi connectivity index (χ4v) is 8.93. The lowest BCUT2D eigenvalue weighted by atomic mass is 9.43. The number of carbonyl (C=O) groups excluding carboxylic acids is 2. The lowest BCUT2D eigenvalue weighted by Crippen LogP contribution is -2.54. The molecule has 4 rings (SSSR count). The molecule has 0 saturated heterocycles. The summed E-state index contributed by atoms with van der Waals surface area (Å²) in [5, 5.41) is 18.7. The zero-order chi connectivity index (χ0) is 26.0. The molecule has 2 saturated carbocycles. The van der Waals surface area contributed by atoms with Gasteiger partial charge in [0.25, 0.3) is 0 Å². The Hall–Kier alpha value is -1.52. The third kappa shape index (κ3) is 3.69. The van der Waals surface area contributed by atoms with E-state index in [4.69, 9.17) is 0 Å². The van der Waals surface area contributed by atoms with Crippen molar-refractivity contribution in [3.8, 4) is 0 Å². The lowest BCUT2D eigenvalue weighted by Gasteiger charge is -2.60. The number of Topliss-reactive ketones (excluding diaryl/α,β-unsaturated/α-hetero) is 2. The van der Waals surface area contributed by atoms with Crippen molar-refractivity contribution in [2.24, 2.45) is 39.4 Å². The molecule has 0 heterocycles. The Morgan fingerprint density at radius 2 is 1.80 bits per heavy atom. The third-order valence-corrected chi connectivity index (χ3v) is 11.2. The van der Waals surface area contributed by atoms with Crippen LogP contribution in [0.2, 0.25) is 0 Å². The fraction of sp³-hybridized carbons (Fsp3) is 0.742. The van der Waals surface area contributed by atoms with Crippen molar-refractivity contribution in [3.63, 3.8) is 0 Å². The van der Waals surface area contributed by atoms with Gasteiger partial charge in [0.1, 0.15) is 11.6 Å². The Bertz CT molecular complexity index is 1010. The van der Waals surface area contributed by atoms with E-state index in [0.29, 0.717) is 35.9 Å². The van der Waals surface area contributed by atoms with Gasteiger partial charge in [0.2, 0.25) is 0 Å². The predicted octanol–water partition coefficient (Wildman–Crippen LogP) is 5.98. The summed E-state index contributed by atoms with van der Waals surface area (Å²) in [6.07, 6.45) is 10.0. The second kappa shape index (κ2) is 8.80. The highest BCUT2D eigenvalue weighted by Crippen LogP contribution is 2.71. The molecule has 2 fully saturated rings. The van der Waals surface area contributed by atoms with Crippen LogP contribution in [-0.2, 0) is 9.59 Å². The van der Waals surface area contributed by atoms with E-state index in [1.807, 2.05) is 6.08 Å². The topological polar surface area (TPSA) is 74.6 Å². The van der Waals surface area contributed by atoms with Crippen LogP contribution in [0, 0.1) is 39.4 Å². The molecule has 0 spiro atoms. The Labute approximate surface area is 212 Å². The van der Waals surface area contributed by atoms with E-state index in [1.54, 1.807) is 0 Å². The number of aliphatic hydroxyl groups is 2. The summed E-state index contributed by atoms with van der Waals surface area (Å²) in [7, 11) is 0. The van der Waals surface area contributed by atoms with Gasteiger partial charge >= 0.3 is 0 Å². The van der Waals surface area contributed by atoms with Crippen LogP contribution in [-0.4, -0.2) is 35.0 Å². The Balaban J connectivity index is 1.71. The molecule has 0 bridgehead atoms. The van der Waals surface area contributed by atoms with E-state index < -0.39 is 0 Å². The van der Waals surface area contributed by atoms with Gasteiger partial charge in [-0.25, -0.2) is 0 Å². The van der Waals surface area contributed by atoms with Gasteiger partial charge in [0, 0.05) is 29.6 Å². The maximum absolute atomic E-state index is 13.7. The van der Waals surface area contributed by atoms with Crippen molar-refractivity contribution >= 4 is 11.6 Å². The highest BCUT2D eigenvalue weighted by atomic mass is 16.3. The zero-order valence-electron chi connectivity index (χ0n) is 23.0. The number of rotatable bonds is 6. The van der Waals surface area contributed by atoms with E-state index in [0.717, 1.165) is 32.1 Å². The number of hydrogen-bond acceptors (Lipinski definition) is 4. The first kappa shape index (κ1) is 26.5. The summed E-state index contributed by atoms with van der Waals surface area (Å²) in [4.78, 5) is 26.6. The normalized spacial score (nSPS) is 38.9. The number of hydrogen-bond donors (Lipinski definition) is 2. The van der Waals surface area contributed by atoms with Crippen LogP contribution in [0.3, 0.4) is 0 Å². The first-order valence-corrected chi connectivity index (χ1v) is 13.6. The summed E-state index contributed by atoms with van der Waals surface area (Å²) >= 11 is 0. The molecular weight excluding hydrogens is 436 g/mol. The van der Waals surface area contributed by atoms with Gasteiger partial charge in [0.15, 0.2) is 0 Å². The number of fused-ring (bicyclic) bond motifs is 5. The van der Waals surface area contributed by atoms with Crippen molar-refractivity contribution in [2.75, 3.05) is 13.2 Å². The Kier molecular flexibility index (Phi) is 6.67. The molecule has 0 radical (unpaired) electrons. The van der Waals surface area contributed by atoms with E-state index >= 15 is 0 Å². The summed E-state index contributed by atoms with van der Waals surface area (Å²) in [5.41, 5.74) is 4.25. The van der Waals surface area contributed by atoms with Crippen LogP contribution in [0.5, 0.6) is 0 Å². The summed E-state index contributed by atoms with van der Waals surface area (Å²) in [5.74, 6) is 1.33. The maximum Gasteiger partial charge on any atom is 0.138 e. The summed E-state index contributed by atoms with van der Waals surface area (Å²) < 4.78 is 0. The number of allylic oxidation sites excluding steroid dienone is 5. The minimum atomic E-state index is -0.319. The second-order valence-corrected chi connectivity index (χ2v) is 13.4. The number of aliphatic hydroxyl groups excluding tert-OH is 2. The average Bonchev–Trinajstić information content (AvgIpc) is 3.00. The molecule has 0 aromatic rings. The largest absolute Gasteiger partial charge is 0.392 e. The molecule has 6 atom stereocenters. The lowest BCUT2D eigenvalue weighted by molar-refractivity contribution is -0.138. The minimum Gasteiger partial charge on any atom is -0.392 e. The first-order chi connectivity index (χ1) is 16.3. The van der Waals surface area contributed by atoms with Gasteiger partial charge in [0.05, 0.1) is 13.2 Å². The molecular formula is C31H46O4. The molecule has 194 valence electrons. The maximum atomic E-state index is 13.7. The molecule has 0 aromatic heterocycles. The Morgan fingerprint density at radius 1 is 1.14 bits per heavy atom. The van der Waals surface area contributed by atoms with Crippen LogP contribution in [0.1, 0.15) is 93.4 Å². The summed E-state index contributed by atoms with van der Waals surface area (Å²) in [6.45, 7) is 15.6. The van der Waals surface area contributed by atoms with Crippen LogP contribution in [0.15, 0.2) is 34.4 Å². The molecule has 35 heavy (non-hydrogen) atoms. The fourth-order valence-electron chi connectivity index (χ4n) is 8.93. The van der Waals surface area contributed by atoms with Gasteiger partial charge < -0.3 is 10.2 Å². The van der Waals surface area contributed by atoms with Crippen molar-refractivity contribution in [1.82, 2.24) is 0 Å². The van der Waals surface area contributed by atoms with E-state index in [1.165, 1.54) is 16.7 Å². The van der Waals surface area contributed by atoms with E-state index in [2.05, 4.69) is 54.5 Å². The standard InChI is InChI=1S/C31H46O4/c1-19(9-8-10-21(17-32)18-33)27-23(34)16-31(7)26-20(2)15-24-28(3,4)25(35)12-13-29(24,5)22(26)11-14-30(27,31)6/h10-11,19,24,27,32-33H,8-9,12-18H2,1-7H3/t19-,24?,27?,29?,30?,31+/m1/s1. The van der Waals surface area contributed by atoms with Gasteiger partial charge in [-0.3, -0.25) is 9.59 Å². The van der Waals surface area contributed by atoms with Crippen LogP contribution < -0.4 is 0 Å². The van der Waals surface area contributed by atoms with Gasteiger partial charge in [-0.15, -0.1) is 0 Å². The SMILES string of the molecule is CC1=C2C(=CCC3(C)C([C@H](C)CCC=C(CO)CO)C(=O)C[C@@]23C)C2(C)CCC(=O)C(C)(C)C2C1. The van der Waals surface area contributed by atoms with Crippen LogP contribution in [0.4, 0.5) is 0 Å².